The van der Waals surface area contributed by atoms with Crippen LogP contribution >= 0.6 is 0 Å². The lowest BCUT2D eigenvalue weighted by Gasteiger charge is -2.12. The average Bonchev–Trinajstić information content (AvgIpc) is 2.65. The lowest BCUT2D eigenvalue weighted by atomic mass is 10.3. The fourth-order valence-electron chi connectivity index (χ4n) is 1.75. The summed E-state index contributed by atoms with van der Waals surface area (Å²) in [6.45, 7) is 8.01. The lowest BCUT2D eigenvalue weighted by molar-refractivity contribution is -0.146. The second kappa shape index (κ2) is 6.92. The summed E-state index contributed by atoms with van der Waals surface area (Å²) in [4.78, 5) is 23.0. The van der Waals surface area contributed by atoms with Gasteiger partial charge in [0.25, 0.3) is 0 Å². The van der Waals surface area contributed by atoms with Crippen molar-refractivity contribution in [2.75, 3.05) is 6.61 Å². The van der Waals surface area contributed by atoms with Crippen molar-refractivity contribution in [3.63, 3.8) is 0 Å². The molecule has 1 aromatic heterocycles. The van der Waals surface area contributed by atoms with Gasteiger partial charge < -0.3 is 10.1 Å². The van der Waals surface area contributed by atoms with E-state index in [0.29, 0.717) is 13.2 Å². The van der Waals surface area contributed by atoms with Crippen LogP contribution in [0.1, 0.15) is 31.7 Å². The molecule has 1 heterocycles. The van der Waals surface area contributed by atoms with Gasteiger partial charge in [0.15, 0.2) is 0 Å². The van der Waals surface area contributed by atoms with Crippen molar-refractivity contribution in [1.29, 1.82) is 0 Å². The molecule has 0 aliphatic rings. The van der Waals surface area contributed by atoms with Gasteiger partial charge in [-0.15, -0.1) is 0 Å². The van der Waals surface area contributed by atoms with E-state index in [1.54, 1.807) is 18.5 Å². The molecule has 106 valence electrons. The molecule has 0 saturated heterocycles. The minimum absolute atomic E-state index is 0.187. The van der Waals surface area contributed by atoms with Crippen LogP contribution in [0.2, 0.25) is 0 Å². The van der Waals surface area contributed by atoms with Crippen LogP contribution in [0, 0.1) is 13.8 Å². The topological polar surface area (TPSA) is 73.2 Å². The maximum Gasteiger partial charge on any atom is 0.328 e. The molecule has 0 bridgehead atoms. The molecule has 0 aliphatic heterocycles. The zero-order valence-electron chi connectivity index (χ0n) is 11.9. The Balaban J connectivity index is 2.39. The standard InChI is InChI=1S/C13H21N3O3/c1-5-19-13(18)11(4)14-12(17)6-7-16-10(3)8-9(2)15-16/h8,11H,5-7H2,1-4H3,(H,14,17). The van der Waals surface area contributed by atoms with Crippen molar-refractivity contribution >= 4 is 11.9 Å². The first kappa shape index (κ1) is 15.2. The zero-order chi connectivity index (χ0) is 14.4. The van der Waals surface area contributed by atoms with Crippen LogP contribution in [0.4, 0.5) is 0 Å². The second-order valence-corrected chi connectivity index (χ2v) is 4.44. The van der Waals surface area contributed by atoms with Crippen LogP contribution in [-0.4, -0.2) is 34.3 Å². The molecule has 6 nitrogen and oxygen atoms in total. The van der Waals surface area contributed by atoms with Crippen LogP contribution in [0.25, 0.3) is 0 Å². The number of aryl methyl sites for hydroxylation is 3. The minimum atomic E-state index is -0.618. The highest BCUT2D eigenvalue weighted by molar-refractivity contribution is 5.84. The number of hydrogen-bond donors (Lipinski definition) is 1. The van der Waals surface area contributed by atoms with Crippen LogP contribution in [-0.2, 0) is 20.9 Å². The zero-order valence-corrected chi connectivity index (χ0v) is 11.9. The minimum Gasteiger partial charge on any atom is -0.464 e. The van der Waals surface area contributed by atoms with E-state index in [1.807, 2.05) is 19.9 Å². The molecule has 1 rings (SSSR count). The van der Waals surface area contributed by atoms with Gasteiger partial charge in [-0.25, -0.2) is 4.79 Å². The van der Waals surface area contributed by atoms with E-state index in [-0.39, 0.29) is 12.3 Å². The van der Waals surface area contributed by atoms with Crippen LogP contribution < -0.4 is 5.32 Å². The Morgan fingerprint density at radius 2 is 2.16 bits per heavy atom. The van der Waals surface area contributed by atoms with Crippen LogP contribution in [0.15, 0.2) is 6.07 Å². The van der Waals surface area contributed by atoms with Gasteiger partial charge in [-0.05, 0) is 33.8 Å². The Labute approximate surface area is 113 Å². The highest BCUT2D eigenvalue weighted by atomic mass is 16.5. The molecule has 0 aromatic carbocycles. The molecule has 0 aliphatic carbocycles. The number of esters is 1. The maximum absolute atomic E-state index is 11.7. The predicted octanol–water partition coefficient (Wildman–Crippen LogP) is 0.958. The Morgan fingerprint density at radius 1 is 1.47 bits per heavy atom. The molecule has 0 fully saturated rings. The number of nitrogens with zero attached hydrogens (tertiary/aromatic N) is 2. The summed E-state index contributed by atoms with van der Waals surface area (Å²) in [6, 6.07) is 1.34. The number of aromatic nitrogens is 2. The van der Waals surface area contributed by atoms with Gasteiger partial charge in [-0.2, -0.15) is 5.10 Å². The highest BCUT2D eigenvalue weighted by Crippen LogP contribution is 2.02. The summed E-state index contributed by atoms with van der Waals surface area (Å²) in [6.07, 6.45) is 0.283. The maximum atomic E-state index is 11.7. The SMILES string of the molecule is CCOC(=O)C(C)NC(=O)CCn1nc(C)cc1C. The van der Waals surface area contributed by atoms with Crippen LogP contribution in [0.3, 0.4) is 0 Å². The molecule has 0 spiro atoms. The van der Waals surface area contributed by atoms with Gasteiger partial charge in [-0.1, -0.05) is 0 Å². The smallest absolute Gasteiger partial charge is 0.328 e. The fraction of sp³-hybridized carbons (Fsp3) is 0.615. The van der Waals surface area contributed by atoms with Crippen molar-refractivity contribution in [3.8, 4) is 0 Å². The third-order valence-corrected chi connectivity index (χ3v) is 2.67. The van der Waals surface area contributed by atoms with Gasteiger partial charge in [0.1, 0.15) is 6.04 Å². The van der Waals surface area contributed by atoms with E-state index in [2.05, 4.69) is 10.4 Å². The van der Waals surface area contributed by atoms with Crippen molar-refractivity contribution in [2.24, 2.45) is 0 Å². The highest BCUT2D eigenvalue weighted by Gasteiger charge is 2.16. The molecule has 1 atom stereocenters. The number of carbonyl (C=O) groups is 2. The second-order valence-electron chi connectivity index (χ2n) is 4.44. The number of rotatable bonds is 6. The summed E-state index contributed by atoms with van der Waals surface area (Å²) in [5, 5.41) is 6.88. The first-order valence-corrected chi connectivity index (χ1v) is 6.41. The Bertz CT molecular complexity index is 454. The summed E-state index contributed by atoms with van der Waals surface area (Å²) < 4.78 is 6.60. The van der Waals surface area contributed by atoms with Gasteiger partial charge >= 0.3 is 5.97 Å². The predicted molar refractivity (Wildman–Crippen MR) is 70.6 cm³/mol. The average molecular weight is 267 g/mol. The van der Waals surface area contributed by atoms with E-state index in [4.69, 9.17) is 4.74 Å². The summed E-state index contributed by atoms with van der Waals surface area (Å²) in [5.41, 5.74) is 1.95. The number of carbonyl (C=O) groups excluding carboxylic acids is 2. The summed E-state index contributed by atoms with van der Waals surface area (Å²) in [7, 11) is 0. The number of nitrogens with one attached hydrogen (secondary N) is 1. The monoisotopic (exact) mass is 267 g/mol. The summed E-state index contributed by atoms with van der Waals surface area (Å²) in [5.74, 6) is -0.602. The van der Waals surface area contributed by atoms with E-state index in [9.17, 15) is 9.59 Å². The van der Waals surface area contributed by atoms with Gasteiger partial charge in [0.2, 0.25) is 5.91 Å². The van der Waals surface area contributed by atoms with E-state index in [1.165, 1.54) is 0 Å². The van der Waals surface area contributed by atoms with Crippen molar-refractivity contribution in [1.82, 2.24) is 15.1 Å². The number of amides is 1. The van der Waals surface area contributed by atoms with Gasteiger partial charge in [0, 0.05) is 18.7 Å². The first-order valence-electron chi connectivity index (χ1n) is 6.41. The molecule has 0 saturated carbocycles. The molecule has 1 aromatic rings. The quantitative estimate of drug-likeness (QED) is 0.779. The van der Waals surface area contributed by atoms with Crippen LogP contribution in [0.5, 0.6) is 0 Å². The van der Waals surface area contributed by atoms with Gasteiger partial charge in [-0.3, -0.25) is 9.48 Å². The number of ether oxygens (including phenoxy) is 1. The van der Waals surface area contributed by atoms with Crippen molar-refractivity contribution in [3.05, 3.63) is 17.5 Å². The van der Waals surface area contributed by atoms with E-state index >= 15 is 0 Å². The largest absolute Gasteiger partial charge is 0.464 e. The van der Waals surface area contributed by atoms with E-state index in [0.717, 1.165) is 11.4 Å². The molecule has 0 radical (unpaired) electrons. The van der Waals surface area contributed by atoms with E-state index < -0.39 is 12.0 Å². The molecule has 1 unspecified atom stereocenters. The molecular weight excluding hydrogens is 246 g/mol. The fourth-order valence-corrected chi connectivity index (χ4v) is 1.75. The molecule has 1 N–H and O–H groups in total. The van der Waals surface area contributed by atoms with Crippen molar-refractivity contribution < 1.29 is 14.3 Å². The first-order chi connectivity index (χ1) is 8.93. The Morgan fingerprint density at radius 3 is 2.68 bits per heavy atom. The third-order valence-electron chi connectivity index (χ3n) is 2.67. The lowest BCUT2D eigenvalue weighted by Crippen LogP contribution is -2.39. The number of hydrogen-bond acceptors (Lipinski definition) is 4. The molecule has 1 amide bonds. The third kappa shape index (κ3) is 4.73. The molecule has 6 heteroatoms. The normalized spacial score (nSPS) is 12.0. The molecule has 19 heavy (non-hydrogen) atoms. The summed E-state index contributed by atoms with van der Waals surface area (Å²) >= 11 is 0. The molecular formula is C13H21N3O3. The van der Waals surface area contributed by atoms with Crippen molar-refractivity contribution in [2.45, 2.75) is 46.7 Å². The Kier molecular flexibility index (Phi) is 5.54. The van der Waals surface area contributed by atoms with Gasteiger partial charge in [0.05, 0.1) is 12.3 Å². The Hall–Kier alpha value is -1.85.